The molecule has 1 saturated carbocycles. The van der Waals surface area contributed by atoms with Crippen LogP contribution in [0.3, 0.4) is 0 Å². The first kappa shape index (κ1) is 13.0. The van der Waals surface area contributed by atoms with E-state index < -0.39 is 18.5 Å². The molecule has 1 unspecified atom stereocenters. The van der Waals surface area contributed by atoms with Gasteiger partial charge in [-0.05, 0) is 18.6 Å². The van der Waals surface area contributed by atoms with E-state index in [0.717, 1.165) is 0 Å². The molecule has 1 N–H and O–H groups in total. The molecule has 0 radical (unpaired) electrons. The fraction of sp³-hybridized carbons (Fsp3) is 0.500. The molecule has 6 heteroatoms. The van der Waals surface area contributed by atoms with Gasteiger partial charge in [0.2, 0.25) is 0 Å². The summed E-state index contributed by atoms with van der Waals surface area (Å²) < 4.78 is 53.9. The number of rotatable bonds is 5. The Morgan fingerprint density at radius 2 is 2.11 bits per heavy atom. The quantitative estimate of drug-likeness (QED) is 0.818. The zero-order valence-corrected chi connectivity index (χ0v) is 9.72. The van der Waals surface area contributed by atoms with Crippen LogP contribution in [-0.2, 0) is 0 Å². The molecule has 0 aliphatic heterocycles. The molecule has 0 saturated heterocycles. The molecule has 0 spiro atoms. The van der Waals surface area contributed by atoms with E-state index in [4.69, 9.17) is 0 Å². The van der Waals surface area contributed by atoms with Crippen LogP contribution in [0.4, 0.5) is 23.2 Å². The Balaban J connectivity index is 1.96. The van der Waals surface area contributed by atoms with Crippen LogP contribution < -0.4 is 10.1 Å². The molecule has 0 aromatic heterocycles. The third kappa shape index (κ3) is 3.05. The van der Waals surface area contributed by atoms with Crippen molar-refractivity contribution in [3.8, 4) is 5.75 Å². The zero-order valence-electron chi connectivity index (χ0n) is 9.72. The van der Waals surface area contributed by atoms with E-state index >= 15 is 0 Å². The van der Waals surface area contributed by atoms with Gasteiger partial charge in [-0.3, -0.25) is 0 Å². The molecule has 100 valence electrons. The van der Waals surface area contributed by atoms with Crippen molar-refractivity contribution in [2.45, 2.75) is 25.9 Å². The van der Waals surface area contributed by atoms with Crippen molar-refractivity contribution in [2.24, 2.45) is 5.92 Å². The lowest BCUT2D eigenvalue weighted by atomic mass is 10.2. The molecule has 0 amide bonds. The molecular weight excluding hydrogens is 250 g/mol. The summed E-state index contributed by atoms with van der Waals surface area (Å²) in [6, 6.07) is 4.64. The Bertz CT molecular complexity index is 436. The third-order valence-corrected chi connectivity index (χ3v) is 2.91. The van der Waals surface area contributed by atoms with Crippen LogP contribution in [-0.4, -0.2) is 19.1 Å². The normalized spacial score (nSPS) is 20.9. The first-order chi connectivity index (χ1) is 8.38. The minimum atomic E-state index is -2.90. The summed E-state index contributed by atoms with van der Waals surface area (Å²) in [4.78, 5) is 0. The van der Waals surface area contributed by atoms with Gasteiger partial charge in [0.25, 0.3) is 5.92 Å². The van der Waals surface area contributed by atoms with Crippen molar-refractivity contribution >= 4 is 5.69 Å². The first-order valence-corrected chi connectivity index (χ1v) is 5.55. The van der Waals surface area contributed by atoms with E-state index in [1.807, 2.05) is 0 Å². The maximum Gasteiger partial charge on any atom is 0.387 e. The molecule has 0 bridgehead atoms. The van der Waals surface area contributed by atoms with Crippen LogP contribution in [0.1, 0.15) is 12.0 Å². The molecule has 2 rings (SSSR count). The minimum absolute atomic E-state index is 0.0533. The van der Waals surface area contributed by atoms with Gasteiger partial charge in [-0.1, -0.05) is 6.07 Å². The van der Waals surface area contributed by atoms with Gasteiger partial charge in [0.15, 0.2) is 0 Å². The summed E-state index contributed by atoms with van der Waals surface area (Å²) in [5.74, 6) is -3.20. The first-order valence-electron chi connectivity index (χ1n) is 5.55. The predicted octanol–water partition coefficient (Wildman–Crippen LogP) is 3.66. The number of nitrogens with one attached hydrogen (secondary N) is 1. The summed E-state index contributed by atoms with van der Waals surface area (Å²) in [5.41, 5.74) is 1.07. The Kier molecular flexibility index (Phi) is 3.36. The van der Waals surface area contributed by atoms with E-state index in [-0.39, 0.29) is 18.7 Å². The molecule has 1 aliphatic carbocycles. The lowest BCUT2D eigenvalue weighted by Gasteiger charge is -2.11. The second kappa shape index (κ2) is 4.66. The Morgan fingerprint density at radius 3 is 2.67 bits per heavy atom. The monoisotopic (exact) mass is 263 g/mol. The second-order valence-corrected chi connectivity index (χ2v) is 4.40. The maximum absolute atomic E-state index is 12.7. The highest BCUT2D eigenvalue weighted by Gasteiger charge is 2.56. The number of ether oxygens (including phenoxy) is 1. The summed E-state index contributed by atoms with van der Waals surface area (Å²) in [6.07, 6.45) is -0.119. The van der Waals surface area contributed by atoms with Crippen LogP contribution in [0, 0.1) is 12.8 Å². The van der Waals surface area contributed by atoms with Gasteiger partial charge in [-0.2, -0.15) is 8.78 Å². The third-order valence-electron chi connectivity index (χ3n) is 2.91. The lowest BCUT2D eigenvalue weighted by Crippen LogP contribution is -2.09. The van der Waals surface area contributed by atoms with Crippen LogP contribution in [0.5, 0.6) is 5.75 Å². The van der Waals surface area contributed by atoms with Gasteiger partial charge in [0.05, 0.1) is 0 Å². The van der Waals surface area contributed by atoms with Gasteiger partial charge >= 0.3 is 6.61 Å². The zero-order chi connectivity index (χ0) is 13.3. The highest BCUT2D eigenvalue weighted by Crippen LogP contribution is 2.48. The molecule has 2 nitrogen and oxygen atoms in total. The SMILES string of the molecule is Cc1ccc(NCC2CC2(F)F)cc1OC(F)F. The van der Waals surface area contributed by atoms with E-state index in [1.165, 1.54) is 6.07 Å². The van der Waals surface area contributed by atoms with Gasteiger partial charge in [-0.15, -0.1) is 0 Å². The predicted molar refractivity (Wildman–Crippen MR) is 59.4 cm³/mol. The molecule has 1 fully saturated rings. The number of halogens is 4. The van der Waals surface area contributed by atoms with E-state index in [1.54, 1.807) is 19.1 Å². The fourth-order valence-electron chi connectivity index (χ4n) is 1.67. The topological polar surface area (TPSA) is 21.3 Å². The Morgan fingerprint density at radius 1 is 1.44 bits per heavy atom. The van der Waals surface area contributed by atoms with Gasteiger partial charge in [0.1, 0.15) is 5.75 Å². The highest BCUT2D eigenvalue weighted by atomic mass is 19.3. The maximum atomic E-state index is 12.7. The lowest BCUT2D eigenvalue weighted by molar-refractivity contribution is -0.0502. The number of hydrogen-bond acceptors (Lipinski definition) is 2. The van der Waals surface area contributed by atoms with Crippen LogP contribution >= 0.6 is 0 Å². The smallest absolute Gasteiger partial charge is 0.387 e. The molecular formula is C12H13F4NO. The van der Waals surface area contributed by atoms with Gasteiger partial charge < -0.3 is 10.1 Å². The number of anilines is 1. The fourth-order valence-corrected chi connectivity index (χ4v) is 1.67. The summed E-state index contributed by atoms with van der Waals surface area (Å²) >= 11 is 0. The van der Waals surface area contributed by atoms with E-state index in [9.17, 15) is 17.6 Å². The molecule has 1 atom stereocenters. The van der Waals surface area contributed by atoms with E-state index in [0.29, 0.717) is 11.3 Å². The Hall–Kier alpha value is -1.46. The number of hydrogen-bond donors (Lipinski definition) is 1. The van der Waals surface area contributed by atoms with E-state index in [2.05, 4.69) is 10.1 Å². The van der Waals surface area contributed by atoms with Crippen molar-refractivity contribution < 1.29 is 22.3 Å². The standard InChI is InChI=1S/C12H13F4NO/c1-7-2-3-9(4-10(7)18-11(13)14)17-6-8-5-12(8,15)16/h2-4,8,11,17H,5-6H2,1H3. The largest absolute Gasteiger partial charge is 0.434 e. The van der Waals surface area contributed by atoms with Crippen molar-refractivity contribution in [1.82, 2.24) is 0 Å². The summed E-state index contributed by atoms with van der Waals surface area (Å²) in [5, 5.41) is 2.80. The Labute approximate surface area is 102 Å². The number of benzene rings is 1. The summed E-state index contributed by atoms with van der Waals surface area (Å²) in [6.45, 7) is -1.13. The molecule has 0 heterocycles. The second-order valence-electron chi connectivity index (χ2n) is 4.40. The number of aryl methyl sites for hydroxylation is 1. The van der Waals surface area contributed by atoms with Crippen LogP contribution in [0.15, 0.2) is 18.2 Å². The average Bonchev–Trinajstić information content (AvgIpc) is 2.87. The molecule has 1 aromatic rings. The summed E-state index contributed by atoms with van der Waals surface area (Å²) in [7, 11) is 0. The highest BCUT2D eigenvalue weighted by molar-refractivity contribution is 5.51. The van der Waals surface area contributed by atoms with Gasteiger partial charge in [0, 0.05) is 30.6 Å². The van der Waals surface area contributed by atoms with Crippen molar-refractivity contribution in [2.75, 3.05) is 11.9 Å². The van der Waals surface area contributed by atoms with Crippen LogP contribution in [0.25, 0.3) is 0 Å². The molecule has 1 aromatic carbocycles. The molecule has 18 heavy (non-hydrogen) atoms. The minimum Gasteiger partial charge on any atom is -0.434 e. The average molecular weight is 263 g/mol. The van der Waals surface area contributed by atoms with Crippen LogP contribution in [0.2, 0.25) is 0 Å². The van der Waals surface area contributed by atoms with Gasteiger partial charge in [-0.25, -0.2) is 8.78 Å². The molecule has 1 aliphatic rings. The van der Waals surface area contributed by atoms with Crippen molar-refractivity contribution in [3.63, 3.8) is 0 Å². The van der Waals surface area contributed by atoms with Crippen molar-refractivity contribution in [1.29, 1.82) is 0 Å². The number of alkyl halides is 4. The van der Waals surface area contributed by atoms with Crippen molar-refractivity contribution in [3.05, 3.63) is 23.8 Å².